The van der Waals surface area contributed by atoms with E-state index in [0.29, 0.717) is 0 Å². The van der Waals surface area contributed by atoms with Gasteiger partial charge in [0.25, 0.3) is 6.71 Å². The van der Waals surface area contributed by atoms with Crippen LogP contribution in [0.4, 0.5) is 34.1 Å². The van der Waals surface area contributed by atoms with Gasteiger partial charge in [-0.3, -0.25) is 0 Å². The van der Waals surface area contributed by atoms with E-state index in [1.807, 2.05) is 0 Å². The van der Waals surface area contributed by atoms with Crippen LogP contribution in [0, 0.1) is 6.92 Å². The van der Waals surface area contributed by atoms with Crippen molar-refractivity contribution in [1.82, 2.24) is 0 Å². The van der Waals surface area contributed by atoms with E-state index >= 15 is 0 Å². The molecule has 2 saturated carbocycles. The number of rotatable bonds is 2. The number of anilines is 6. The van der Waals surface area contributed by atoms with E-state index in [1.165, 1.54) is 155 Å². The summed E-state index contributed by atoms with van der Waals surface area (Å²) in [6, 6.07) is 30.9. The number of hydrogen-bond donors (Lipinski definition) is 0. The van der Waals surface area contributed by atoms with Crippen molar-refractivity contribution in [3.8, 4) is 0 Å². The summed E-state index contributed by atoms with van der Waals surface area (Å²) in [7, 11) is 0. The van der Waals surface area contributed by atoms with Crippen molar-refractivity contribution in [3.05, 3.63) is 123 Å². The van der Waals surface area contributed by atoms with Gasteiger partial charge in [0.2, 0.25) is 0 Å². The number of fused-ring (bicyclic) bond motifs is 12. The highest BCUT2D eigenvalue weighted by Crippen LogP contribution is 2.61. The van der Waals surface area contributed by atoms with Gasteiger partial charge >= 0.3 is 0 Å². The molecular weight excluding hydrogens is 836 g/mol. The van der Waals surface area contributed by atoms with Gasteiger partial charge in [0.15, 0.2) is 0 Å². The molecule has 1 aromatic heterocycles. The van der Waals surface area contributed by atoms with Crippen LogP contribution in [0.3, 0.4) is 0 Å². The Labute approximate surface area is 413 Å². The summed E-state index contributed by atoms with van der Waals surface area (Å²) in [5.41, 5.74) is 27.6. The van der Waals surface area contributed by atoms with E-state index in [-0.39, 0.29) is 50.0 Å². The van der Waals surface area contributed by atoms with E-state index in [9.17, 15) is 0 Å². The standard InChI is InChI=1S/C65H75BN2O/c1-38-30-52-55-53(31-38)68(40-15-17-43-45(33-40)61(8,9)21-19-59(43,4)5)56-41-34-46-49(65(13)28-22-62(46,10)23-29-65)37-54(41)69-57(56)66(55)50-35-47-48(64(12)26-24-63(47,11)25-27-64)36-51(50)67(52)39-14-16-42-44(32-39)60(6,7)20-18-58(42,2)3/h14-17,30-37H,18-29H2,1-13H3. The molecule has 0 amide bonds. The molecule has 4 heteroatoms. The molecule has 0 spiro atoms. The van der Waals surface area contributed by atoms with Crippen molar-refractivity contribution in [1.29, 1.82) is 0 Å². The molecule has 5 aromatic carbocycles. The van der Waals surface area contributed by atoms with Crippen molar-refractivity contribution in [2.75, 3.05) is 9.80 Å². The van der Waals surface area contributed by atoms with Crippen LogP contribution < -0.4 is 26.4 Å². The molecule has 0 N–H and O–H groups in total. The molecule has 0 saturated heterocycles. The fourth-order valence-electron chi connectivity index (χ4n) is 16.5. The van der Waals surface area contributed by atoms with Gasteiger partial charge in [0, 0.05) is 33.8 Å². The SMILES string of the molecule is Cc1cc2c3c(c1)N(c1ccc4c(c1)C(C)(C)CCC4(C)C)c1c(oc4cc5c(cc14)C1(C)CCC5(C)CC1)B3c1cc3c(cc1N2c1ccc2c(c1)C(C)(C)CCC2(C)C)C1(C)CCC3(C)CC1. The summed E-state index contributed by atoms with van der Waals surface area (Å²) in [5.74, 6) is 0. The van der Waals surface area contributed by atoms with E-state index in [2.05, 4.69) is 173 Å². The molecule has 2 aliphatic heterocycles. The fourth-order valence-corrected chi connectivity index (χ4v) is 16.5. The number of aryl methyl sites for hydroxylation is 1. The zero-order chi connectivity index (χ0) is 48.0. The zero-order valence-corrected chi connectivity index (χ0v) is 44.3. The maximum absolute atomic E-state index is 7.77. The molecular formula is C65H75BN2O. The highest BCUT2D eigenvalue weighted by Gasteiger charge is 2.54. The highest BCUT2D eigenvalue weighted by atomic mass is 16.3. The van der Waals surface area contributed by atoms with Crippen molar-refractivity contribution in [2.45, 2.75) is 210 Å². The Morgan fingerprint density at radius 3 is 1.33 bits per heavy atom. The molecule has 0 unspecified atom stereocenters. The molecule has 69 heavy (non-hydrogen) atoms. The summed E-state index contributed by atoms with van der Waals surface area (Å²) >= 11 is 0. The Bertz CT molecular complexity index is 3280. The number of nitrogens with zero attached hydrogens (tertiary/aromatic N) is 2. The first-order valence-electron chi connectivity index (χ1n) is 27.3. The van der Waals surface area contributed by atoms with Crippen LogP contribution >= 0.6 is 0 Å². The maximum Gasteiger partial charge on any atom is 0.297 e. The Morgan fingerprint density at radius 1 is 0.406 bits per heavy atom. The average molecular weight is 911 g/mol. The number of hydrogen-bond acceptors (Lipinski definition) is 3. The molecule has 2 fully saturated rings. The molecule has 16 rings (SSSR count). The molecule has 6 aromatic rings. The third kappa shape index (κ3) is 5.54. The van der Waals surface area contributed by atoms with Crippen LogP contribution in [-0.2, 0) is 43.3 Å². The Hall–Kier alpha value is -4.70. The van der Waals surface area contributed by atoms with Crippen LogP contribution in [0.5, 0.6) is 0 Å². The predicted octanol–water partition coefficient (Wildman–Crippen LogP) is 15.7. The minimum atomic E-state index is -0.0522. The van der Waals surface area contributed by atoms with Crippen molar-refractivity contribution < 1.29 is 4.42 Å². The van der Waals surface area contributed by atoms with Crippen LogP contribution in [-0.4, -0.2) is 6.71 Å². The van der Waals surface area contributed by atoms with Crippen molar-refractivity contribution in [2.24, 2.45) is 0 Å². The molecule has 354 valence electrons. The van der Waals surface area contributed by atoms with Gasteiger partial charge in [-0.15, -0.1) is 0 Å². The summed E-state index contributed by atoms with van der Waals surface area (Å²) in [5, 5.41) is 1.28. The molecule has 10 aliphatic rings. The summed E-state index contributed by atoms with van der Waals surface area (Å²) in [6.07, 6.45) is 14.9. The Balaban J connectivity index is 1.10. The second kappa shape index (κ2) is 13.0. The monoisotopic (exact) mass is 911 g/mol. The number of furan rings is 1. The van der Waals surface area contributed by atoms with Gasteiger partial charge in [0.1, 0.15) is 5.58 Å². The lowest BCUT2D eigenvalue weighted by atomic mass is 9.34. The van der Waals surface area contributed by atoms with Gasteiger partial charge < -0.3 is 14.2 Å². The summed E-state index contributed by atoms with van der Waals surface area (Å²) < 4.78 is 7.77. The maximum atomic E-state index is 7.77. The molecule has 4 bridgehead atoms. The highest BCUT2D eigenvalue weighted by molar-refractivity contribution is 7.00. The van der Waals surface area contributed by atoms with Gasteiger partial charge in [0.05, 0.1) is 11.3 Å². The summed E-state index contributed by atoms with van der Waals surface area (Å²) in [6.45, 7) is 32.4. The van der Waals surface area contributed by atoms with E-state index < -0.39 is 0 Å². The van der Waals surface area contributed by atoms with Crippen LogP contribution in [0.25, 0.3) is 11.0 Å². The first-order valence-corrected chi connectivity index (χ1v) is 27.3. The Morgan fingerprint density at radius 2 is 0.826 bits per heavy atom. The second-order valence-electron chi connectivity index (χ2n) is 28.2. The van der Waals surface area contributed by atoms with Gasteiger partial charge in [-0.05, 0) is 243 Å². The lowest BCUT2D eigenvalue weighted by Gasteiger charge is -2.53. The third-order valence-electron chi connectivity index (χ3n) is 21.8. The van der Waals surface area contributed by atoms with Crippen LogP contribution in [0.1, 0.15) is 210 Å². The normalized spacial score (nSPS) is 29.7. The van der Waals surface area contributed by atoms with Gasteiger partial charge in [-0.25, -0.2) is 0 Å². The largest absolute Gasteiger partial charge is 0.468 e. The third-order valence-corrected chi connectivity index (χ3v) is 21.8. The van der Waals surface area contributed by atoms with Crippen LogP contribution in [0.15, 0.2) is 77.2 Å². The fraction of sp³-hybridized carbons (Fsp3) is 0.508. The van der Waals surface area contributed by atoms with E-state index in [1.54, 1.807) is 22.3 Å². The van der Waals surface area contributed by atoms with Crippen molar-refractivity contribution in [3.63, 3.8) is 0 Å². The number of benzene rings is 5. The smallest absolute Gasteiger partial charge is 0.297 e. The lowest BCUT2D eigenvalue weighted by molar-refractivity contribution is 0.188. The van der Waals surface area contributed by atoms with Crippen LogP contribution in [0.2, 0.25) is 0 Å². The first kappa shape index (κ1) is 43.1. The Kier molecular flexibility index (Phi) is 8.15. The van der Waals surface area contributed by atoms with E-state index in [4.69, 9.17) is 4.42 Å². The molecule has 3 heterocycles. The molecule has 0 atom stereocenters. The molecule has 0 radical (unpaired) electrons. The molecule has 3 nitrogen and oxygen atoms in total. The minimum Gasteiger partial charge on any atom is -0.468 e. The summed E-state index contributed by atoms with van der Waals surface area (Å²) in [4.78, 5) is 5.43. The van der Waals surface area contributed by atoms with Gasteiger partial charge in [-0.1, -0.05) is 101 Å². The molecule has 8 aliphatic carbocycles. The van der Waals surface area contributed by atoms with Crippen molar-refractivity contribution >= 4 is 68.4 Å². The minimum absolute atomic E-state index is 0.0522. The van der Waals surface area contributed by atoms with E-state index in [0.717, 1.165) is 11.2 Å². The average Bonchev–Trinajstić information content (AvgIpc) is 3.68. The predicted molar refractivity (Wildman–Crippen MR) is 292 cm³/mol. The first-order chi connectivity index (χ1) is 32.4. The second-order valence-corrected chi connectivity index (χ2v) is 28.2. The zero-order valence-electron chi connectivity index (χ0n) is 44.3. The lowest BCUT2D eigenvalue weighted by Crippen LogP contribution is -2.61. The quantitative estimate of drug-likeness (QED) is 0.161. The topological polar surface area (TPSA) is 19.6 Å². The van der Waals surface area contributed by atoms with Gasteiger partial charge in [-0.2, -0.15) is 0 Å².